The van der Waals surface area contributed by atoms with E-state index in [4.69, 9.17) is 0 Å². The third-order valence-electron chi connectivity index (χ3n) is 6.86. The number of carbonyl (C=O) groups excluding carboxylic acids is 3. The number of hydrogen-bond donors (Lipinski definition) is 1. The number of ketones is 1. The van der Waals surface area contributed by atoms with E-state index in [1.54, 1.807) is 32.0 Å². The van der Waals surface area contributed by atoms with Crippen molar-refractivity contribution in [2.24, 2.45) is 0 Å². The van der Waals surface area contributed by atoms with Crippen molar-refractivity contribution in [3.05, 3.63) is 77.4 Å². The van der Waals surface area contributed by atoms with Gasteiger partial charge in [-0.25, -0.2) is 13.2 Å². The number of hydrogen-bond acceptors (Lipinski definition) is 5. The lowest BCUT2D eigenvalue weighted by Gasteiger charge is -2.24. The van der Waals surface area contributed by atoms with Gasteiger partial charge in [-0.2, -0.15) is 0 Å². The van der Waals surface area contributed by atoms with E-state index in [9.17, 15) is 22.8 Å². The van der Waals surface area contributed by atoms with Crippen molar-refractivity contribution in [3.8, 4) is 0 Å². The second kappa shape index (κ2) is 8.20. The average molecular weight is 492 g/mol. The van der Waals surface area contributed by atoms with E-state index in [-0.39, 0.29) is 5.75 Å². The van der Waals surface area contributed by atoms with Gasteiger partial charge in [0.1, 0.15) is 5.54 Å². The van der Waals surface area contributed by atoms with E-state index in [2.05, 4.69) is 5.32 Å². The number of benzene rings is 3. The summed E-state index contributed by atoms with van der Waals surface area (Å²) in [7, 11) is -3.39. The number of urea groups is 1. The van der Waals surface area contributed by atoms with Gasteiger partial charge < -0.3 is 5.32 Å². The zero-order chi connectivity index (χ0) is 25.0. The SMILES string of the molecule is CCS(=O)(=O)N1CCc2cc(C(=O)CN3C(=O)N[C@](C)(c4cccc5ccccc45)C3=O)ccc21. The molecule has 0 saturated carbocycles. The largest absolute Gasteiger partial charge is 0.325 e. The average Bonchev–Trinajstić information content (AvgIpc) is 3.38. The molecule has 0 aliphatic carbocycles. The van der Waals surface area contributed by atoms with E-state index in [0.29, 0.717) is 29.8 Å². The Morgan fingerprint density at radius 1 is 1.06 bits per heavy atom. The van der Waals surface area contributed by atoms with Crippen LogP contribution in [0.2, 0.25) is 0 Å². The van der Waals surface area contributed by atoms with Crippen LogP contribution < -0.4 is 9.62 Å². The van der Waals surface area contributed by atoms with Gasteiger partial charge in [-0.1, -0.05) is 42.5 Å². The first kappa shape index (κ1) is 23.0. The fourth-order valence-corrected chi connectivity index (χ4v) is 6.07. The van der Waals surface area contributed by atoms with Gasteiger partial charge in [0.2, 0.25) is 10.0 Å². The molecular formula is C26H25N3O5S. The van der Waals surface area contributed by atoms with Gasteiger partial charge in [0.05, 0.1) is 18.0 Å². The zero-order valence-electron chi connectivity index (χ0n) is 19.4. The highest BCUT2D eigenvalue weighted by molar-refractivity contribution is 7.92. The molecule has 180 valence electrons. The number of carbonyl (C=O) groups is 3. The number of nitrogens with zero attached hydrogens (tertiary/aromatic N) is 2. The van der Waals surface area contributed by atoms with Crippen molar-refractivity contribution in [1.29, 1.82) is 0 Å². The van der Waals surface area contributed by atoms with Crippen LogP contribution in [0, 0.1) is 0 Å². The highest BCUT2D eigenvalue weighted by Gasteiger charge is 2.50. The summed E-state index contributed by atoms with van der Waals surface area (Å²) >= 11 is 0. The summed E-state index contributed by atoms with van der Waals surface area (Å²) in [5, 5.41) is 4.57. The van der Waals surface area contributed by atoms with E-state index in [1.807, 2.05) is 42.5 Å². The Labute approximate surface area is 203 Å². The monoisotopic (exact) mass is 491 g/mol. The van der Waals surface area contributed by atoms with Crippen LogP contribution in [0.3, 0.4) is 0 Å². The fraction of sp³-hybridized carbons (Fsp3) is 0.269. The Morgan fingerprint density at radius 3 is 2.57 bits per heavy atom. The molecule has 2 aliphatic heterocycles. The Hall–Kier alpha value is -3.72. The van der Waals surface area contributed by atoms with Crippen LogP contribution in [0.15, 0.2) is 60.7 Å². The van der Waals surface area contributed by atoms with Crippen molar-refractivity contribution in [2.75, 3.05) is 23.1 Å². The fourth-order valence-electron chi connectivity index (χ4n) is 4.91. The Kier molecular flexibility index (Phi) is 5.40. The third-order valence-corrected chi connectivity index (χ3v) is 8.64. The number of fused-ring (bicyclic) bond motifs is 2. The van der Waals surface area contributed by atoms with Crippen molar-refractivity contribution in [1.82, 2.24) is 10.2 Å². The highest BCUT2D eigenvalue weighted by Crippen LogP contribution is 2.35. The molecule has 1 atom stereocenters. The van der Waals surface area contributed by atoms with Gasteiger partial charge in [0.15, 0.2) is 5.78 Å². The molecule has 0 spiro atoms. The summed E-state index contributed by atoms with van der Waals surface area (Å²) in [6.07, 6.45) is 0.498. The molecule has 0 unspecified atom stereocenters. The summed E-state index contributed by atoms with van der Waals surface area (Å²) in [5.41, 5.74) is 1.02. The van der Waals surface area contributed by atoms with Crippen LogP contribution >= 0.6 is 0 Å². The number of amides is 3. The molecule has 0 radical (unpaired) electrons. The summed E-state index contributed by atoms with van der Waals surface area (Å²) in [5.74, 6) is -0.891. The summed E-state index contributed by atoms with van der Waals surface area (Å²) in [6.45, 7) is 3.17. The van der Waals surface area contributed by atoms with Gasteiger partial charge in [-0.3, -0.25) is 18.8 Å². The minimum atomic E-state index is -3.39. The Morgan fingerprint density at radius 2 is 1.80 bits per heavy atom. The molecule has 8 nitrogen and oxygen atoms in total. The van der Waals surface area contributed by atoms with Gasteiger partial charge in [-0.05, 0) is 60.4 Å². The van der Waals surface area contributed by atoms with Crippen LogP contribution in [0.25, 0.3) is 10.8 Å². The molecular weight excluding hydrogens is 466 g/mol. The number of sulfonamides is 1. The summed E-state index contributed by atoms with van der Waals surface area (Å²) in [4.78, 5) is 40.3. The minimum absolute atomic E-state index is 0.00519. The molecule has 1 N–H and O–H groups in total. The van der Waals surface area contributed by atoms with Crippen molar-refractivity contribution < 1.29 is 22.8 Å². The molecule has 3 aromatic carbocycles. The third kappa shape index (κ3) is 3.67. The molecule has 9 heteroatoms. The normalized spacial score (nSPS) is 19.8. The molecule has 3 aromatic rings. The Bertz CT molecular complexity index is 1490. The van der Waals surface area contributed by atoms with E-state index >= 15 is 0 Å². The lowest BCUT2D eigenvalue weighted by atomic mass is 9.87. The molecule has 1 saturated heterocycles. The number of imide groups is 1. The molecule has 2 heterocycles. The van der Waals surface area contributed by atoms with Crippen molar-refractivity contribution >= 4 is 44.2 Å². The smallest absolute Gasteiger partial charge is 0.319 e. The van der Waals surface area contributed by atoms with Crippen molar-refractivity contribution in [2.45, 2.75) is 25.8 Å². The number of rotatable bonds is 6. The van der Waals surface area contributed by atoms with Gasteiger partial charge in [0, 0.05) is 12.1 Å². The van der Waals surface area contributed by atoms with Gasteiger partial charge in [-0.15, -0.1) is 0 Å². The molecule has 35 heavy (non-hydrogen) atoms. The Balaban J connectivity index is 1.40. The van der Waals surface area contributed by atoms with Crippen molar-refractivity contribution in [3.63, 3.8) is 0 Å². The lowest BCUT2D eigenvalue weighted by Crippen LogP contribution is -2.41. The maximum Gasteiger partial charge on any atom is 0.325 e. The van der Waals surface area contributed by atoms with Crippen LogP contribution in [-0.4, -0.2) is 49.9 Å². The lowest BCUT2D eigenvalue weighted by molar-refractivity contribution is -0.130. The highest BCUT2D eigenvalue weighted by atomic mass is 32.2. The van der Waals surface area contributed by atoms with E-state index in [1.165, 1.54) is 4.31 Å². The number of anilines is 1. The molecule has 0 aromatic heterocycles. The maximum atomic E-state index is 13.4. The minimum Gasteiger partial charge on any atom is -0.319 e. The standard InChI is InChI=1S/C26H25N3O5S/c1-3-35(33,34)29-14-13-18-15-19(11-12-22(18)29)23(30)16-28-24(31)26(2,27-25(28)32)21-10-6-8-17-7-4-5-9-20(17)21/h4-12,15H,3,13-14,16H2,1-2H3,(H,27,32)/t26-/m1/s1. The van der Waals surface area contributed by atoms with Gasteiger partial charge in [0.25, 0.3) is 5.91 Å². The zero-order valence-corrected chi connectivity index (χ0v) is 20.3. The molecule has 3 amide bonds. The number of Topliss-reactive ketones (excluding diaryl/α,β-unsaturated/α-hetero) is 1. The van der Waals surface area contributed by atoms with Crippen LogP contribution in [-0.2, 0) is 26.8 Å². The molecule has 2 aliphatic rings. The number of nitrogens with one attached hydrogen (secondary N) is 1. The molecule has 1 fully saturated rings. The predicted molar refractivity (Wildman–Crippen MR) is 133 cm³/mol. The summed E-state index contributed by atoms with van der Waals surface area (Å²) in [6, 6.07) is 17.4. The quantitative estimate of drug-likeness (QED) is 0.421. The second-order valence-corrected chi connectivity index (χ2v) is 11.1. The van der Waals surface area contributed by atoms with Gasteiger partial charge >= 0.3 is 6.03 Å². The van der Waals surface area contributed by atoms with Crippen LogP contribution in [0.1, 0.15) is 35.3 Å². The first-order chi connectivity index (χ1) is 16.7. The van der Waals surface area contributed by atoms with E-state index in [0.717, 1.165) is 21.2 Å². The molecule has 5 rings (SSSR count). The molecule has 0 bridgehead atoms. The topological polar surface area (TPSA) is 104 Å². The maximum absolute atomic E-state index is 13.4. The first-order valence-corrected chi connectivity index (χ1v) is 13.1. The van der Waals surface area contributed by atoms with Crippen LogP contribution in [0.4, 0.5) is 10.5 Å². The summed E-state index contributed by atoms with van der Waals surface area (Å²) < 4.78 is 26.0. The predicted octanol–water partition coefficient (Wildman–Crippen LogP) is 3.20. The van der Waals surface area contributed by atoms with E-state index < -0.39 is 39.8 Å². The second-order valence-electron chi connectivity index (χ2n) is 8.96. The van der Waals surface area contributed by atoms with Crippen LogP contribution in [0.5, 0.6) is 0 Å². The first-order valence-electron chi connectivity index (χ1n) is 11.4.